The average Bonchev–Trinajstić information content (AvgIpc) is 2.07. The number of rotatable bonds is 3. The van der Waals surface area contributed by atoms with Gasteiger partial charge in [-0.2, -0.15) is 0 Å². The van der Waals surface area contributed by atoms with Crippen molar-refractivity contribution in [3.8, 4) is 0 Å². The molecule has 0 amide bonds. The number of alkyl halides is 2. The smallest absolute Gasteiger partial charge is 0.242 e. The molecule has 1 fully saturated rings. The highest BCUT2D eigenvalue weighted by atomic mass is 19.3. The minimum atomic E-state index is -2.30. The van der Waals surface area contributed by atoms with Crippen molar-refractivity contribution in [3.63, 3.8) is 0 Å². The Labute approximate surface area is 71.1 Å². The van der Waals surface area contributed by atoms with E-state index < -0.39 is 12.3 Å². The maximum atomic E-state index is 12.3. The van der Waals surface area contributed by atoms with Gasteiger partial charge in [0.25, 0.3) is 0 Å². The molecular formula is C8H15F2NO. The molecule has 72 valence electrons. The third-order valence-electron chi connectivity index (χ3n) is 2.40. The second-order valence-electron chi connectivity index (χ2n) is 3.21. The third kappa shape index (κ3) is 2.38. The van der Waals surface area contributed by atoms with E-state index in [1.165, 1.54) is 0 Å². The highest BCUT2D eigenvalue weighted by Crippen LogP contribution is 2.26. The average molecular weight is 179 g/mol. The topological polar surface area (TPSA) is 35.2 Å². The van der Waals surface area contributed by atoms with Crippen LogP contribution in [0.1, 0.15) is 12.8 Å². The predicted octanol–water partition coefficient (Wildman–Crippen LogP) is 1.25. The lowest BCUT2D eigenvalue weighted by Gasteiger charge is -2.28. The minimum Gasteiger partial charge on any atom is -0.381 e. The Balaban J connectivity index is 2.40. The molecule has 0 aromatic rings. The highest BCUT2D eigenvalue weighted by molar-refractivity contribution is 4.75. The lowest BCUT2D eigenvalue weighted by molar-refractivity contribution is -0.0212. The number of hydrogen-bond acceptors (Lipinski definition) is 2. The fourth-order valence-electron chi connectivity index (χ4n) is 1.60. The Bertz CT molecular complexity index is 126. The van der Waals surface area contributed by atoms with Crippen LogP contribution in [-0.2, 0) is 4.74 Å². The predicted molar refractivity (Wildman–Crippen MR) is 42.1 cm³/mol. The molecule has 2 N–H and O–H groups in total. The lowest BCUT2D eigenvalue weighted by atomic mass is 9.88. The van der Waals surface area contributed by atoms with Crippen LogP contribution < -0.4 is 5.73 Å². The Morgan fingerprint density at radius 2 is 2.25 bits per heavy atom. The molecule has 0 aromatic carbocycles. The maximum Gasteiger partial charge on any atom is 0.242 e. The molecule has 0 radical (unpaired) electrons. The molecule has 1 aliphatic rings. The Hall–Kier alpha value is -0.220. The van der Waals surface area contributed by atoms with Gasteiger partial charge in [0.1, 0.15) is 0 Å². The van der Waals surface area contributed by atoms with Gasteiger partial charge in [0.15, 0.2) is 0 Å². The van der Waals surface area contributed by atoms with Crippen LogP contribution in [0.2, 0.25) is 0 Å². The molecule has 0 aromatic heterocycles. The van der Waals surface area contributed by atoms with Crippen molar-refractivity contribution in [3.05, 3.63) is 0 Å². The number of hydrogen-bond donors (Lipinski definition) is 1. The number of ether oxygens (including phenoxy) is 1. The second-order valence-corrected chi connectivity index (χ2v) is 3.21. The van der Waals surface area contributed by atoms with Crippen LogP contribution >= 0.6 is 0 Å². The summed E-state index contributed by atoms with van der Waals surface area (Å²) >= 11 is 0. The van der Waals surface area contributed by atoms with Gasteiger partial charge < -0.3 is 10.5 Å². The fraction of sp³-hybridized carbons (Fsp3) is 1.00. The summed E-state index contributed by atoms with van der Waals surface area (Å²) in [5.74, 6) is -0.714. The summed E-state index contributed by atoms with van der Waals surface area (Å²) in [6.07, 6.45) is -0.596. The first-order chi connectivity index (χ1) is 5.75. The van der Waals surface area contributed by atoms with Crippen molar-refractivity contribution in [2.75, 3.05) is 19.8 Å². The molecule has 1 saturated heterocycles. The largest absolute Gasteiger partial charge is 0.381 e. The summed E-state index contributed by atoms with van der Waals surface area (Å²) in [5, 5.41) is 0. The Morgan fingerprint density at radius 3 is 2.67 bits per heavy atom. The third-order valence-corrected chi connectivity index (χ3v) is 2.40. The molecule has 2 unspecified atom stereocenters. The van der Waals surface area contributed by atoms with Crippen LogP contribution in [0.25, 0.3) is 0 Å². The quantitative estimate of drug-likeness (QED) is 0.707. The van der Waals surface area contributed by atoms with E-state index in [4.69, 9.17) is 10.5 Å². The van der Waals surface area contributed by atoms with Crippen LogP contribution in [0.15, 0.2) is 0 Å². The minimum absolute atomic E-state index is 0.0382. The van der Waals surface area contributed by atoms with Crippen molar-refractivity contribution in [1.82, 2.24) is 0 Å². The van der Waals surface area contributed by atoms with Crippen molar-refractivity contribution in [2.45, 2.75) is 19.3 Å². The van der Waals surface area contributed by atoms with Crippen molar-refractivity contribution >= 4 is 0 Å². The summed E-state index contributed by atoms with van der Waals surface area (Å²) in [4.78, 5) is 0. The monoisotopic (exact) mass is 179 g/mol. The van der Waals surface area contributed by atoms with E-state index in [0.29, 0.717) is 13.2 Å². The standard InChI is InChI=1S/C8H15F2NO/c9-8(10)7(4-11)6-2-1-3-12-5-6/h6-8H,1-5,11H2. The van der Waals surface area contributed by atoms with E-state index in [1.54, 1.807) is 0 Å². The molecule has 1 aliphatic heterocycles. The van der Waals surface area contributed by atoms with E-state index in [-0.39, 0.29) is 12.5 Å². The SMILES string of the molecule is NCC(C(F)F)C1CCCOC1. The molecule has 4 heteroatoms. The van der Waals surface area contributed by atoms with Crippen LogP contribution in [0.3, 0.4) is 0 Å². The van der Waals surface area contributed by atoms with Gasteiger partial charge in [0.05, 0.1) is 0 Å². The second kappa shape index (κ2) is 4.72. The number of halogens is 2. The van der Waals surface area contributed by atoms with E-state index >= 15 is 0 Å². The van der Waals surface area contributed by atoms with Gasteiger partial charge in [-0.3, -0.25) is 0 Å². The molecule has 1 heterocycles. The van der Waals surface area contributed by atoms with E-state index in [1.807, 2.05) is 0 Å². The summed E-state index contributed by atoms with van der Waals surface area (Å²) in [6.45, 7) is 1.22. The molecule has 1 rings (SSSR count). The van der Waals surface area contributed by atoms with E-state index in [9.17, 15) is 8.78 Å². The van der Waals surface area contributed by atoms with Gasteiger partial charge in [-0.1, -0.05) is 0 Å². The highest BCUT2D eigenvalue weighted by Gasteiger charge is 2.29. The van der Waals surface area contributed by atoms with Gasteiger partial charge in [0.2, 0.25) is 6.43 Å². The van der Waals surface area contributed by atoms with Gasteiger partial charge in [0, 0.05) is 25.7 Å². The van der Waals surface area contributed by atoms with Gasteiger partial charge in [-0.25, -0.2) is 8.78 Å². The zero-order chi connectivity index (χ0) is 8.97. The summed E-state index contributed by atoms with van der Waals surface area (Å²) in [6, 6.07) is 0. The molecule has 2 atom stereocenters. The maximum absolute atomic E-state index is 12.3. The molecular weight excluding hydrogens is 164 g/mol. The molecule has 0 bridgehead atoms. The fourth-order valence-corrected chi connectivity index (χ4v) is 1.60. The Morgan fingerprint density at radius 1 is 1.50 bits per heavy atom. The molecule has 2 nitrogen and oxygen atoms in total. The van der Waals surface area contributed by atoms with Gasteiger partial charge in [-0.15, -0.1) is 0 Å². The Kier molecular flexibility index (Phi) is 3.88. The van der Waals surface area contributed by atoms with Crippen LogP contribution in [0.5, 0.6) is 0 Å². The van der Waals surface area contributed by atoms with Crippen molar-refractivity contribution in [2.24, 2.45) is 17.6 Å². The first-order valence-electron chi connectivity index (χ1n) is 4.31. The molecule has 0 saturated carbocycles. The first kappa shape index (κ1) is 9.86. The van der Waals surface area contributed by atoms with Crippen LogP contribution in [-0.4, -0.2) is 26.2 Å². The zero-order valence-corrected chi connectivity index (χ0v) is 7.01. The summed E-state index contributed by atoms with van der Waals surface area (Å²) in [7, 11) is 0. The summed E-state index contributed by atoms with van der Waals surface area (Å²) in [5.41, 5.74) is 5.27. The molecule has 0 spiro atoms. The van der Waals surface area contributed by atoms with E-state index in [2.05, 4.69) is 0 Å². The molecule has 0 aliphatic carbocycles. The molecule has 12 heavy (non-hydrogen) atoms. The van der Waals surface area contributed by atoms with Crippen LogP contribution in [0, 0.1) is 11.8 Å². The normalized spacial score (nSPS) is 27.5. The lowest BCUT2D eigenvalue weighted by Crippen LogP contribution is -2.34. The van der Waals surface area contributed by atoms with E-state index in [0.717, 1.165) is 12.8 Å². The first-order valence-corrected chi connectivity index (χ1v) is 4.31. The van der Waals surface area contributed by atoms with Crippen molar-refractivity contribution < 1.29 is 13.5 Å². The summed E-state index contributed by atoms with van der Waals surface area (Å²) < 4.78 is 29.8. The van der Waals surface area contributed by atoms with Crippen LogP contribution in [0.4, 0.5) is 8.78 Å². The van der Waals surface area contributed by atoms with Gasteiger partial charge in [-0.05, 0) is 18.8 Å². The van der Waals surface area contributed by atoms with Crippen molar-refractivity contribution in [1.29, 1.82) is 0 Å². The zero-order valence-electron chi connectivity index (χ0n) is 7.01. The number of nitrogens with two attached hydrogens (primary N) is 1. The van der Waals surface area contributed by atoms with Gasteiger partial charge >= 0.3 is 0 Å².